The van der Waals surface area contributed by atoms with Gasteiger partial charge in [-0.3, -0.25) is 0 Å². The van der Waals surface area contributed by atoms with Gasteiger partial charge in [0.25, 0.3) is 0 Å². The van der Waals surface area contributed by atoms with Gasteiger partial charge in [-0.25, -0.2) is 14.8 Å². The molecule has 0 aliphatic carbocycles. The Hall–Kier alpha value is -2.77. The van der Waals surface area contributed by atoms with Crippen LogP contribution in [0.2, 0.25) is 5.02 Å². The van der Waals surface area contributed by atoms with Gasteiger partial charge in [-0.1, -0.05) is 29.8 Å². The minimum absolute atomic E-state index is 0.0714. The summed E-state index contributed by atoms with van der Waals surface area (Å²) in [4.78, 5) is 27.4. The molecule has 0 radical (unpaired) electrons. The van der Waals surface area contributed by atoms with Crippen molar-refractivity contribution in [1.82, 2.24) is 14.9 Å². The molecule has 0 spiro atoms. The molecule has 0 bridgehead atoms. The number of piperazine rings is 1. The Morgan fingerprint density at radius 1 is 1.03 bits per heavy atom. The third kappa shape index (κ3) is 5.60. The van der Waals surface area contributed by atoms with Gasteiger partial charge in [-0.15, -0.1) is 11.8 Å². The van der Waals surface area contributed by atoms with Crippen LogP contribution in [0, 0.1) is 13.8 Å². The monoisotopic (exact) mass is 481 g/mol. The third-order valence-electron chi connectivity index (χ3n) is 5.84. The molecule has 0 unspecified atom stereocenters. The van der Waals surface area contributed by atoms with Crippen LogP contribution in [-0.2, 0) is 6.42 Å². The highest BCUT2D eigenvalue weighted by atomic mass is 35.5. The second-order valence-corrected chi connectivity index (χ2v) is 9.35. The van der Waals surface area contributed by atoms with E-state index in [1.807, 2.05) is 73.5 Å². The van der Waals surface area contributed by atoms with Gasteiger partial charge in [0.2, 0.25) is 0 Å². The first kappa shape index (κ1) is 23.4. The van der Waals surface area contributed by atoms with E-state index in [2.05, 4.69) is 15.2 Å². The molecule has 2 aromatic carbocycles. The van der Waals surface area contributed by atoms with E-state index in [-0.39, 0.29) is 6.03 Å². The van der Waals surface area contributed by atoms with Crippen molar-refractivity contribution in [2.24, 2.45) is 0 Å². The summed E-state index contributed by atoms with van der Waals surface area (Å²) < 4.78 is 0. The van der Waals surface area contributed by atoms with Crippen molar-refractivity contribution in [2.45, 2.75) is 25.2 Å². The number of hydrogen-bond acceptors (Lipinski definition) is 5. The fourth-order valence-corrected chi connectivity index (χ4v) is 4.63. The van der Waals surface area contributed by atoms with Gasteiger partial charge in [0.05, 0.1) is 0 Å². The van der Waals surface area contributed by atoms with E-state index >= 15 is 0 Å². The molecule has 3 aromatic rings. The number of aromatic nitrogens is 2. The van der Waals surface area contributed by atoms with Gasteiger partial charge in [0.1, 0.15) is 11.6 Å². The number of urea groups is 1. The van der Waals surface area contributed by atoms with Crippen LogP contribution in [0.1, 0.15) is 22.6 Å². The molecule has 2 heterocycles. The molecule has 2 amide bonds. The van der Waals surface area contributed by atoms with Crippen LogP contribution in [-0.4, -0.2) is 53.3 Å². The molecule has 1 saturated heterocycles. The average molecular weight is 482 g/mol. The van der Waals surface area contributed by atoms with E-state index < -0.39 is 0 Å². The number of halogens is 1. The Labute approximate surface area is 204 Å². The van der Waals surface area contributed by atoms with Crippen molar-refractivity contribution in [3.05, 3.63) is 76.2 Å². The molecular formula is C25H28ClN5OS. The second kappa shape index (κ2) is 10.4. The van der Waals surface area contributed by atoms with Crippen molar-refractivity contribution in [1.29, 1.82) is 0 Å². The van der Waals surface area contributed by atoms with Crippen LogP contribution < -0.4 is 10.2 Å². The zero-order chi connectivity index (χ0) is 23.4. The number of nitrogens with one attached hydrogen (secondary N) is 1. The smallest absolute Gasteiger partial charge is 0.321 e. The number of thioether (sulfide) groups is 1. The topological polar surface area (TPSA) is 61.4 Å². The highest BCUT2D eigenvalue weighted by Crippen LogP contribution is 2.28. The first-order valence-electron chi connectivity index (χ1n) is 11.0. The minimum atomic E-state index is -0.0714. The Morgan fingerprint density at radius 2 is 1.73 bits per heavy atom. The third-order valence-corrected chi connectivity index (χ3v) is 6.95. The summed E-state index contributed by atoms with van der Waals surface area (Å²) >= 11 is 8.11. The number of rotatable bonds is 5. The zero-order valence-corrected chi connectivity index (χ0v) is 20.7. The second-order valence-electron chi connectivity index (χ2n) is 8.06. The molecule has 1 aromatic heterocycles. The number of carbonyl (C=O) groups is 1. The standard InChI is InChI=1S/C25H28ClN5OS/c1-17-22(16-19-6-4-5-7-23(19)26)24(28-18(2)27-17)30-12-14-31(15-13-30)25(32)29-20-8-10-21(33-3)11-9-20/h4-11H,12-16H2,1-3H3,(H,29,32). The first-order valence-corrected chi connectivity index (χ1v) is 12.6. The number of nitrogens with zero attached hydrogens (tertiary/aromatic N) is 4. The number of benzene rings is 2. The number of anilines is 2. The Kier molecular flexibility index (Phi) is 7.40. The Bertz CT molecular complexity index is 1130. The first-order chi connectivity index (χ1) is 15.9. The van der Waals surface area contributed by atoms with Crippen LogP contribution in [0.25, 0.3) is 0 Å². The molecule has 6 nitrogen and oxygen atoms in total. The Morgan fingerprint density at radius 3 is 2.39 bits per heavy atom. The van der Waals surface area contributed by atoms with E-state index in [4.69, 9.17) is 16.6 Å². The van der Waals surface area contributed by atoms with Crippen LogP contribution >= 0.6 is 23.4 Å². The van der Waals surface area contributed by atoms with Gasteiger partial charge < -0.3 is 15.1 Å². The minimum Gasteiger partial charge on any atom is -0.353 e. The molecule has 0 atom stereocenters. The summed E-state index contributed by atoms with van der Waals surface area (Å²) in [7, 11) is 0. The summed E-state index contributed by atoms with van der Waals surface area (Å²) in [5, 5.41) is 3.75. The van der Waals surface area contributed by atoms with E-state index in [1.54, 1.807) is 11.8 Å². The largest absolute Gasteiger partial charge is 0.353 e. The van der Waals surface area contributed by atoms with Crippen LogP contribution in [0.4, 0.5) is 16.3 Å². The van der Waals surface area contributed by atoms with Gasteiger partial charge in [-0.05, 0) is 56.0 Å². The lowest BCUT2D eigenvalue weighted by Gasteiger charge is -2.36. The summed E-state index contributed by atoms with van der Waals surface area (Å²) in [5.74, 6) is 1.69. The lowest BCUT2D eigenvalue weighted by atomic mass is 10.0. The van der Waals surface area contributed by atoms with E-state index in [1.165, 1.54) is 4.90 Å². The van der Waals surface area contributed by atoms with Gasteiger partial charge >= 0.3 is 6.03 Å². The van der Waals surface area contributed by atoms with Crippen LogP contribution in [0.5, 0.6) is 0 Å². The lowest BCUT2D eigenvalue weighted by Crippen LogP contribution is -2.50. The molecule has 33 heavy (non-hydrogen) atoms. The van der Waals surface area contributed by atoms with Gasteiger partial charge in [-0.2, -0.15) is 0 Å². The van der Waals surface area contributed by atoms with Crippen LogP contribution in [0.15, 0.2) is 53.4 Å². The maximum Gasteiger partial charge on any atom is 0.321 e. The average Bonchev–Trinajstić information content (AvgIpc) is 2.82. The molecule has 8 heteroatoms. The fourth-order valence-electron chi connectivity index (χ4n) is 4.02. The maximum absolute atomic E-state index is 12.8. The molecule has 0 saturated carbocycles. The molecule has 172 valence electrons. The highest BCUT2D eigenvalue weighted by Gasteiger charge is 2.25. The van der Waals surface area contributed by atoms with Crippen molar-refractivity contribution in [3.8, 4) is 0 Å². The van der Waals surface area contributed by atoms with Crippen LogP contribution in [0.3, 0.4) is 0 Å². The summed E-state index contributed by atoms with van der Waals surface area (Å²) in [6, 6.07) is 15.7. The predicted molar refractivity (Wildman–Crippen MR) is 137 cm³/mol. The van der Waals surface area contributed by atoms with E-state index in [9.17, 15) is 4.79 Å². The molecule has 1 aliphatic rings. The number of amides is 2. The number of aryl methyl sites for hydroxylation is 2. The van der Waals surface area contributed by atoms with Crippen molar-refractivity contribution in [3.63, 3.8) is 0 Å². The normalized spacial score (nSPS) is 13.8. The molecule has 1 N–H and O–H groups in total. The number of carbonyl (C=O) groups excluding carboxylic acids is 1. The van der Waals surface area contributed by atoms with Crippen molar-refractivity contribution < 1.29 is 4.79 Å². The van der Waals surface area contributed by atoms with Gasteiger partial charge in [0.15, 0.2) is 0 Å². The SMILES string of the molecule is CSc1ccc(NC(=O)N2CCN(c3nc(C)nc(C)c3Cc3ccccc3Cl)CC2)cc1. The predicted octanol–water partition coefficient (Wildman–Crippen LogP) is 5.41. The molecule has 1 aliphatic heterocycles. The van der Waals surface area contributed by atoms with E-state index in [0.29, 0.717) is 32.6 Å². The molecule has 4 rings (SSSR count). The van der Waals surface area contributed by atoms with Crippen molar-refractivity contribution >= 4 is 40.9 Å². The summed E-state index contributed by atoms with van der Waals surface area (Å²) in [6.45, 7) is 6.62. The Balaban J connectivity index is 1.45. The number of hydrogen-bond donors (Lipinski definition) is 1. The lowest BCUT2D eigenvalue weighted by molar-refractivity contribution is 0.208. The molecular weight excluding hydrogens is 454 g/mol. The maximum atomic E-state index is 12.8. The van der Waals surface area contributed by atoms with Crippen molar-refractivity contribution in [2.75, 3.05) is 42.7 Å². The quantitative estimate of drug-likeness (QED) is 0.493. The van der Waals surface area contributed by atoms with E-state index in [0.717, 1.165) is 39.2 Å². The molecule has 1 fully saturated rings. The summed E-state index contributed by atoms with van der Waals surface area (Å²) in [6.07, 6.45) is 2.71. The van der Waals surface area contributed by atoms with Gasteiger partial charge in [0, 0.05) is 59.5 Å². The zero-order valence-electron chi connectivity index (χ0n) is 19.1. The summed E-state index contributed by atoms with van der Waals surface area (Å²) in [5.41, 5.74) is 3.91. The highest BCUT2D eigenvalue weighted by molar-refractivity contribution is 7.98. The fraction of sp³-hybridized carbons (Fsp3) is 0.320.